The summed E-state index contributed by atoms with van der Waals surface area (Å²) in [6, 6.07) is 6.04. The smallest absolute Gasteiger partial charge is 0.137 e. The van der Waals surface area contributed by atoms with E-state index in [0.29, 0.717) is 0 Å². The van der Waals surface area contributed by atoms with Crippen LogP contribution < -0.4 is 0 Å². The van der Waals surface area contributed by atoms with Gasteiger partial charge in [-0.1, -0.05) is 63.3 Å². The van der Waals surface area contributed by atoms with Gasteiger partial charge in [-0.05, 0) is 43.4 Å². The molecule has 1 aromatic carbocycles. The van der Waals surface area contributed by atoms with Crippen LogP contribution in [0.2, 0.25) is 5.02 Å². The normalized spacial score (nSPS) is 16.4. The van der Waals surface area contributed by atoms with Crippen LogP contribution in [0.1, 0.15) is 69.9 Å². The third-order valence-corrected chi connectivity index (χ3v) is 4.54. The highest BCUT2D eigenvalue weighted by atomic mass is 35.5. The topological polar surface area (TPSA) is 17.1 Å². The van der Waals surface area contributed by atoms with Crippen molar-refractivity contribution < 1.29 is 4.79 Å². The van der Waals surface area contributed by atoms with E-state index in [1.54, 1.807) is 6.92 Å². The third kappa shape index (κ3) is 4.63. The molecule has 1 unspecified atom stereocenters. The first-order valence-corrected chi connectivity index (χ1v) is 8.22. The van der Waals surface area contributed by atoms with Crippen LogP contribution in [0.15, 0.2) is 18.2 Å². The molecular weight excluding hydrogens is 268 g/mol. The SMILES string of the molecule is CC.CC(=O)C(CC1CCCC1)c1ccc(C)c(Cl)c1. The molecule has 0 N–H and O–H groups in total. The lowest BCUT2D eigenvalue weighted by atomic mass is 9.85. The Morgan fingerprint density at radius 2 is 1.90 bits per heavy atom. The van der Waals surface area contributed by atoms with Crippen LogP contribution in [-0.4, -0.2) is 5.78 Å². The summed E-state index contributed by atoms with van der Waals surface area (Å²) < 4.78 is 0. The molecule has 112 valence electrons. The van der Waals surface area contributed by atoms with Gasteiger partial charge in [-0.25, -0.2) is 0 Å². The Bertz CT molecular complexity index is 433. The summed E-state index contributed by atoms with van der Waals surface area (Å²) in [6.07, 6.45) is 6.20. The number of rotatable bonds is 4. The van der Waals surface area contributed by atoms with E-state index in [0.717, 1.165) is 28.5 Å². The predicted molar refractivity (Wildman–Crippen MR) is 87.5 cm³/mol. The summed E-state index contributed by atoms with van der Waals surface area (Å²) in [5, 5.41) is 0.769. The Morgan fingerprint density at radius 3 is 2.40 bits per heavy atom. The molecule has 1 atom stereocenters. The van der Waals surface area contributed by atoms with Crippen LogP contribution in [0.4, 0.5) is 0 Å². The van der Waals surface area contributed by atoms with Gasteiger partial charge in [0, 0.05) is 10.9 Å². The zero-order chi connectivity index (χ0) is 15.1. The fourth-order valence-corrected chi connectivity index (χ4v) is 3.13. The second kappa shape index (κ2) is 8.46. The van der Waals surface area contributed by atoms with Gasteiger partial charge in [0.05, 0.1) is 0 Å². The Kier molecular flexibility index (Phi) is 7.29. The van der Waals surface area contributed by atoms with Gasteiger partial charge >= 0.3 is 0 Å². The quantitative estimate of drug-likeness (QED) is 0.673. The fraction of sp³-hybridized carbons (Fsp3) is 0.611. The number of benzene rings is 1. The van der Waals surface area contributed by atoms with E-state index in [4.69, 9.17) is 11.6 Å². The molecule has 1 aromatic rings. The maximum atomic E-state index is 11.9. The average Bonchev–Trinajstić information content (AvgIpc) is 2.94. The second-order valence-electron chi connectivity index (χ2n) is 5.56. The van der Waals surface area contributed by atoms with Crippen molar-refractivity contribution in [2.45, 2.75) is 65.7 Å². The Balaban J connectivity index is 0.000000956. The number of ketones is 1. The Morgan fingerprint density at radius 1 is 1.30 bits per heavy atom. The van der Waals surface area contributed by atoms with Gasteiger partial charge in [0.15, 0.2) is 0 Å². The van der Waals surface area contributed by atoms with E-state index < -0.39 is 0 Å². The molecule has 0 heterocycles. The molecule has 0 amide bonds. The number of carbonyl (C=O) groups excluding carboxylic acids is 1. The second-order valence-corrected chi connectivity index (χ2v) is 5.97. The minimum atomic E-state index is 0.0335. The van der Waals surface area contributed by atoms with Gasteiger partial charge < -0.3 is 0 Å². The van der Waals surface area contributed by atoms with Crippen LogP contribution in [0.25, 0.3) is 0 Å². The zero-order valence-corrected chi connectivity index (χ0v) is 14.0. The molecule has 1 saturated carbocycles. The van der Waals surface area contributed by atoms with Gasteiger partial charge in [0.25, 0.3) is 0 Å². The molecule has 0 bridgehead atoms. The van der Waals surface area contributed by atoms with Crippen molar-refractivity contribution in [3.05, 3.63) is 34.3 Å². The molecular formula is C18H27ClO. The number of hydrogen-bond acceptors (Lipinski definition) is 1. The average molecular weight is 295 g/mol. The molecule has 0 spiro atoms. The summed E-state index contributed by atoms with van der Waals surface area (Å²) in [5.41, 5.74) is 2.16. The minimum Gasteiger partial charge on any atom is -0.299 e. The van der Waals surface area contributed by atoms with Gasteiger partial charge in [0.2, 0.25) is 0 Å². The van der Waals surface area contributed by atoms with Crippen LogP contribution in [0, 0.1) is 12.8 Å². The van der Waals surface area contributed by atoms with Gasteiger partial charge in [-0.15, -0.1) is 0 Å². The van der Waals surface area contributed by atoms with Crippen molar-refractivity contribution in [2.24, 2.45) is 5.92 Å². The monoisotopic (exact) mass is 294 g/mol. The predicted octanol–water partition coefficient (Wildman–Crippen LogP) is 5.93. The van der Waals surface area contributed by atoms with Gasteiger partial charge in [-0.3, -0.25) is 4.79 Å². The largest absolute Gasteiger partial charge is 0.299 e. The van der Waals surface area contributed by atoms with E-state index in [-0.39, 0.29) is 11.7 Å². The van der Waals surface area contributed by atoms with Crippen LogP contribution in [-0.2, 0) is 4.79 Å². The Hall–Kier alpha value is -0.820. The van der Waals surface area contributed by atoms with E-state index >= 15 is 0 Å². The fourth-order valence-electron chi connectivity index (χ4n) is 2.94. The van der Waals surface area contributed by atoms with Crippen molar-refractivity contribution in [3.8, 4) is 0 Å². The molecule has 0 radical (unpaired) electrons. The number of halogens is 1. The zero-order valence-electron chi connectivity index (χ0n) is 13.2. The highest BCUT2D eigenvalue weighted by molar-refractivity contribution is 6.31. The standard InChI is InChI=1S/C16H21ClO.C2H6/c1-11-7-8-14(10-16(11)17)15(12(2)18)9-13-5-3-4-6-13;1-2/h7-8,10,13,15H,3-6,9H2,1-2H3;1-2H3. The first-order chi connectivity index (χ1) is 9.58. The highest BCUT2D eigenvalue weighted by Crippen LogP contribution is 2.35. The summed E-state index contributed by atoms with van der Waals surface area (Å²) >= 11 is 6.17. The number of hydrogen-bond donors (Lipinski definition) is 0. The van der Waals surface area contributed by atoms with Gasteiger partial charge in [0.1, 0.15) is 5.78 Å². The van der Waals surface area contributed by atoms with Crippen molar-refractivity contribution in [1.29, 1.82) is 0 Å². The molecule has 1 aliphatic rings. The van der Waals surface area contributed by atoms with Crippen molar-refractivity contribution >= 4 is 17.4 Å². The van der Waals surface area contributed by atoms with E-state index in [9.17, 15) is 4.79 Å². The van der Waals surface area contributed by atoms with Crippen LogP contribution in [0.5, 0.6) is 0 Å². The van der Waals surface area contributed by atoms with Crippen molar-refractivity contribution in [1.82, 2.24) is 0 Å². The van der Waals surface area contributed by atoms with Crippen LogP contribution >= 0.6 is 11.6 Å². The molecule has 20 heavy (non-hydrogen) atoms. The molecule has 2 heteroatoms. The summed E-state index contributed by atoms with van der Waals surface area (Å²) in [6.45, 7) is 7.69. The lowest BCUT2D eigenvalue weighted by Crippen LogP contribution is -2.13. The van der Waals surface area contributed by atoms with Crippen LogP contribution in [0.3, 0.4) is 0 Å². The van der Waals surface area contributed by atoms with E-state index in [1.807, 2.05) is 32.9 Å². The molecule has 0 saturated heterocycles. The van der Waals surface area contributed by atoms with E-state index in [1.165, 1.54) is 25.7 Å². The van der Waals surface area contributed by atoms with Gasteiger partial charge in [-0.2, -0.15) is 0 Å². The van der Waals surface area contributed by atoms with Crippen molar-refractivity contribution in [2.75, 3.05) is 0 Å². The summed E-state index contributed by atoms with van der Waals surface area (Å²) in [7, 11) is 0. The lowest BCUT2D eigenvalue weighted by molar-refractivity contribution is -0.118. The molecule has 0 aromatic heterocycles. The number of aryl methyl sites for hydroxylation is 1. The Labute approximate surface area is 128 Å². The first kappa shape index (κ1) is 17.2. The summed E-state index contributed by atoms with van der Waals surface area (Å²) in [5.74, 6) is 1.02. The lowest BCUT2D eigenvalue weighted by Gasteiger charge is -2.19. The molecule has 1 aliphatic carbocycles. The molecule has 2 rings (SSSR count). The maximum Gasteiger partial charge on any atom is 0.137 e. The first-order valence-electron chi connectivity index (χ1n) is 7.84. The molecule has 1 nitrogen and oxygen atoms in total. The molecule has 1 fully saturated rings. The number of carbonyl (C=O) groups is 1. The minimum absolute atomic E-state index is 0.0335. The molecule has 0 aliphatic heterocycles. The maximum absolute atomic E-state index is 11.9. The van der Waals surface area contributed by atoms with Crippen molar-refractivity contribution in [3.63, 3.8) is 0 Å². The summed E-state index contributed by atoms with van der Waals surface area (Å²) in [4.78, 5) is 11.9. The van der Waals surface area contributed by atoms with E-state index in [2.05, 4.69) is 6.07 Å². The highest BCUT2D eigenvalue weighted by Gasteiger charge is 2.24. The third-order valence-electron chi connectivity index (χ3n) is 4.13. The number of Topliss-reactive ketones (excluding diaryl/α,β-unsaturated/α-hetero) is 1.